The van der Waals surface area contributed by atoms with E-state index in [9.17, 15) is 4.79 Å². The smallest absolute Gasteiger partial charge is 0.315 e. The van der Waals surface area contributed by atoms with Gasteiger partial charge in [-0.15, -0.1) is 0 Å². The molecule has 24 heavy (non-hydrogen) atoms. The molecule has 1 fully saturated rings. The van der Waals surface area contributed by atoms with Crippen LogP contribution in [0.1, 0.15) is 37.7 Å². The van der Waals surface area contributed by atoms with Crippen LogP contribution in [-0.4, -0.2) is 28.6 Å². The Morgan fingerprint density at radius 3 is 2.46 bits per heavy atom. The number of aromatic nitrogens is 2. The molecule has 0 aliphatic heterocycles. The van der Waals surface area contributed by atoms with E-state index >= 15 is 0 Å². The molecule has 0 radical (unpaired) electrons. The van der Waals surface area contributed by atoms with Crippen molar-refractivity contribution in [1.82, 2.24) is 20.6 Å². The van der Waals surface area contributed by atoms with Gasteiger partial charge >= 0.3 is 6.03 Å². The Morgan fingerprint density at radius 2 is 1.75 bits per heavy atom. The van der Waals surface area contributed by atoms with Crippen molar-refractivity contribution in [2.24, 2.45) is 0 Å². The van der Waals surface area contributed by atoms with E-state index in [-0.39, 0.29) is 6.03 Å². The average Bonchev–Trinajstić information content (AvgIpc) is 2.64. The number of amides is 2. The average molecular weight is 324 g/mol. The number of hydrogen-bond acceptors (Lipinski definition) is 3. The van der Waals surface area contributed by atoms with Crippen molar-refractivity contribution >= 4 is 6.03 Å². The Labute approximate surface area is 142 Å². The largest absolute Gasteiger partial charge is 0.338 e. The van der Waals surface area contributed by atoms with Crippen LogP contribution in [0.25, 0.3) is 11.4 Å². The molecule has 0 unspecified atom stereocenters. The highest BCUT2D eigenvalue weighted by atomic mass is 16.2. The summed E-state index contributed by atoms with van der Waals surface area (Å²) in [5.74, 6) is 0.724. The van der Waals surface area contributed by atoms with Crippen molar-refractivity contribution in [3.8, 4) is 11.4 Å². The molecule has 1 aromatic heterocycles. The first-order valence-corrected chi connectivity index (χ1v) is 8.72. The summed E-state index contributed by atoms with van der Waals surface area (Å²) in [4.78, 5) is 20.7. The number of carbonyl (C=O) groups is 1. The third kappa shape index (κ3) is 4.78. The van der Waals surface area contributed by atoms with Gasteiger partial charge < -0.3 is 10.6 Å². The van der Waals surface area contributed by atoms with Gasteiger partial charge in [0.1, 0.15) is 0 Å². The van der Waals surface area contributed by atoms with Crippen LogP contribution in [0.2, 0.25) is 0 Å². The Kier molecular flexibility index (Phi) is 5.77. The van der Waals surface area contributed by atoms with Crippen LogP contribution in [0.4, 0.5) is 4.79 Å². The number of rotatable bonds is 5. The van der Waals surface area contributed by atoms with Gasteiger partial charge in [0.15, 0.2) is 5.82 Å². The number of nitrogens with one attached hydrogen (secondary N) is 2. The molecule has 1 heterocycles. The van der Waals surface area contributed by atoms with Crippen LogP contribution >= 0.6 is 0 Å². The van der Waals surface area contributed by atoms with Crippen LogP contribution in [0, 0.1) is 0 Å². The summed E-state index contributed by atoms with van der Waals surface area (Å²) >= 11 is 0. The van der Waals surface area contributed by atoms with Crippen LogP contribution in [0.15, 0.2) is 42.7 Å². The van der Waals surface area contributed by atoms with Crippen LogP contribution in [0.5, 0.6) is 0 Å². The monoisotopic (exact) mass is 324 g/mol. The zero-order chi connectivity index (χ0) is 16.6. The number of carbonyl (C=O) groups excluding carboxylic acids is 1. The molecule has 126 valence electrons. The van der Waals surface area contributed by atoms with Crippen molar-refractivity contribution in [3.63, 3.8) is 0 Å². The fourth-order valence-electron chi connectivity index (χ4n) is 3.02. The minimum absolute atomic E-state index is 0.0660. The van der Waals surface area contributed by atoms with Gasteiger partial charge in [-0.3, -0.25) is 0 Å². The van der Waals surface area contributed by atoms with E-state index in [0.29, 0.717) is 12.6 Å². The highest BCUT2D eigenvalue weighted by molar-refractivity contribution is 5.74. The maximum Gasteiger partial charge on any atom is 0.315 e. The van der Waals surface area contributed by atoms with Crippen LogP contribution in [-0.2, 0) is 6.42 Å². The molecule has 2 N–H and O–H groups in total. The quantitative estimate of drug-likeness (QED) is 0.886. The standard InChI is InChI=1S/C19H24N4O/c24-19(23-17-9-5-2-6-10-17)20-12-11-15-13-21-18(22-14-15)16-7-3-1-4-8-16/h1,3-4,7-8,13-14,17H,2,5-6,9-12H2,(H2,20,23,24). The second-order valence-corrected chi connectivity index (χ2v) is 6.27. The van der Waals surface area contributed by atoms with E-state index in [4.69, 9.17) is 0 Å². The molecule has 5 nitrogen and oxygen atoms in total. The van der Waals surface area contributed by atoms with Crippen molar-refractivity contribution in [2.75, 3.05) is 6.54 Å². The molecule has 1 aliphatic carbocycles. The fraction of sp³-hybridized carbons (Fsp3) is 0.421. The van der Waals surface area contributed by atoms with E-state index in [1.54, 1.807) is 0 Å². The summed E-state index contributed by atoms with van der Waals surface area (Å²) in [5, 5.41) is 5.97. The minimum Gasteiger partial charge on any atom is -0.338 e. The fourth-order valence-corrected chi connectivity index (χ4v) is 3.02. The van der Waals surface area contributed by atoms with Crippen molar-refractivity contribution in [3.05, 3.63) is 48.3 Å². The van der Waals surface area contributed by atoms with Gasteiger partial charge in [-0.1, -0.05) is 49.6 Å². The highest BCUT2D eigenvalue weighted by Crippen LogP contribution is 2.17. The first kappa shape index (κ1) is 16.4. The SMILES string of the molecule is O=C(NCCc1cnc(-c2ccccc2)nc1)NC1CCCCC1. The Bertz CT molecular complexity index is 636. The molecular formula is C19H24N4O. The summed E-state index contributed by atoms with van der Waals surface area (Å²) in [6, 6.07) is 10.2. The Morgan fingerprint density at radius 1 is 1.04 bits per heavy atom. The van der Waals surface area contributed by atoms with Gasteiger partial charge in [0, 0.05) is 30.5 Å². The van der Waals surface area contributed by atoms with Crippen molar-refractivity contribution in [1.29, 1.82) is 0 Å². The predicted octanol–water partition coefficient (Wildman–Crippen LogP) is 3.32. The Hall–Kier alpha value is -2.43. The molecule has 0 bridgehead atoms. The number of benzene rings is 1. The second kappa shape index (κ2) is 8.43. The molecule has 0 saturated heterocycles. The summed E-state index contributed by atoms with van der Waals surface area (Å²) < 4.78 is 0. The zero-order valence-corrected chi connectivity index (χ0v) is 13.9. The lowest BCUT2D eigenvalue weighted by Crippen LogP contribution is -2.43. The number of hydrogen-bond donors (Lipinski definition) is 2. The molecule has 5 heteroatoms. The molecule has 2 aromatic rings. The van der Waals surface area contributed by atoms with Gasteiger partial charge in [0.2, 0.25) is 0 Å². The van der Waals surface area contributed by atoms with Gasteiger partial charge in [0.25, 0.3) is 0 Å². The summed E-state index contributed by atoms with van der Waals surface area (Å²) in [6.45, 7) is 0.590. The van der Waals surface area contributed by atoms with E-state index in [0.717, 1.165) is 36.2 Å². The molecule has 0 atom stereocenters. The summed E-state index contributed by atoms with van der Waals surface area (Å²) in [7, 11) is 0. The minimum atomic E-state index is -0.0660. The molecule has 0 spiro atoms. The third-order valence-electron chi connectivity index (χ3n) is 4.38. The Balaban J connectivity index is 1.42. The van der Waals surface area contributed by atoms with E-state index in [2.05, 4.69) is 20.6 Å². The molecule has 3 rings (SSSR count). The van der Waals surface area contributed by atoms with E-state index < -0.39 is 0 Å². The van der Waals surface area contributed by atoms with Crippen molar-refractivity contribution < 1.29 is 4.79 Å². The second-order valence-electron chi connectivity index (χ2n) is 6.27. The topological polar surface area (TPSA) is 66.9 Å². The first-order valence-electron chi connectivity index (χ1n) is 8.72. The van der Waals surface area contributed by atoms with Crippen molar-refractivity contribution in [2.45, 2.75) is 44.6 Å². The zero-order valence-electron chi connectivity index (χ0n) is 13.9. The lowest BCUT2D eigenvalue weighted by atomic mass is 9.96. The maximum atomic E-state index is 11.9. The lowest BCUT2D eigenvalue weighted by Gasteiger charge is -2.22. The third-order valence-corrected chi connectivity index (χ3v) is 4.38. The lowest BCUT2D eigenvalue weighted by molar-refractivity contribution is 0.233. The van der Waals surface area contributed by atoms with Gasteiger partial charge in [-0.05, 0) is 24.8 Å². The molecule has 1 aliphatic rings. The normalized spacial score (nSPS) is 15.0. The maximum absolute atomic E-state index is 11.9. The van der Waals surface area contributed by atoms with E-state index in [1.165, 1.54) is 19.3 Å². The van der Waals surface area contributed by atoms with Crippen LogP contribution < -0.4 is 10.6 Å². The first-order chi connectivity index (χ1) is 11.8. The van der Waals surface area contributed by atoms with Crippen LogP contribution in [0.3, 0.4) is 0 Å². The molecule has 2 amide bonds. The number of urea groups is 1. The van der Waals surface area contributed by atoms with Gasteiger partial charge in [-0.2, -0.15) is 0 Å². The predicted molar refractivity (Wildman–Crippen MR) is 94.6 cm³/mol. The molecule has 1 saturated carbocycles. The van der Waals surface area contributed by atoms with Gasteiger partial charge in [-0.25, -0.2) is 14.8 Å². The number of nitrogens with zero attached hydrogens (tertiary/aromatic N) is 2. The molecule has 1 aromatic carbocycles. The summed E-state index contributed by atoms with van der Waals surface area (Å²) in [5.41, 5.74) is 2.03. The highest BCUT2D eigenvalue weighted by Gasteiger charge is 2.15. The van der Waals surface area contributed by atoms with E-state index in [1.807, 2.05) is 42.7 Å². The summed E-state index contributed by atoms with van der Waals surface area (Å²) in [6.07, 6.45) is 10.3. The van der Waals surface area contributed by atoms with Gasteiger partial charge in [0.05, 0.1) is 0 Å². The molecular weight excluding hydrogens is 300 g/mol.